The number of unbranched alkanes of at least 4 members (excludes halogenated alkanes) is 1. The van der Waals surface area contributed by atoms with Crippen LogP contribution in [-0.4, -0.2) is 35.1 Å². The molecule has 0 radical (unpaired) electrons. The molecule has 0 aromatic heterocycles. The van der Waals surface area contributed by atoms with Crippen molar-refractivity contribution in [2.45, 2.75) is 45.0 Å². The van der Waals surface area contributed by atoms with Crippen molar-refractivity contribution in [2.75, 3.05) is 12.3 Å². The molecule has 1 unspecified atom stereocenters. The lowest BCUT2D eigenvalue weighted by atomic mass is 10.1. The Hall–Kier alpha value is -1.76. The molecule has 0 aliphatic rings. The summed E-state index contributed by atoms with van der Waals surface area (Å²) < 4.78 is 13.1. The molecule has 2 amide bonds. The normalized spacial score (nSPS) is 11.8. The molecule has 1 atom stereocenters. The lowest BCUT2D eigenvalue weighted by Gasteiger charge is -2.29. The van der Waals surface area contributed by atoms with Crippen LogP contribution in [0.15, 0.2) is 42.5 Å². The van der Waals surface area contributed by atoms with Crippen LogP contribution >= 0.6 is 35.0 Å². The standard InChI is InChI=1S/C23H27Cl2FN2O2S/c1-3-4-11-27-23(30)16(2)28(13-18-7-8-19(24)12-21(18)25)22(29)15-31-14-17-5-9-20(26)10-6-17/h5-10,12,16H,3-4,11,13-15H2,1-2H3,(H,27,30). The molecule has 0 aliphatic heterocycles. The number of nitrogens with one attached hydrogen (secondary N) is 1. The van der Waals surface area contributed by atoms with Gasteiger partial charge in [-0.2, -0.15) is 0 Å². The van der Waals surface area contributed by atoms with Crippen LogP contribution in [0.1, 0.15) is 37.8 Å². The number of benzene rings is 2. The molecule has 31 heavy (non-hydrogen) atoms. The Kier molecular flexibility index (Phi) is 10.6. The maximum absolute atomic E-state index is 13.1. The lowest BCUT2D eigenvalue weighted by molar-refractivity contribution is -0.138. The van der Waals surface area contributed by atoms with Crippen LogP contribution in [0.2, 0.25) is 10.0 Å². The predicted octanol–water partition coefficient (Wildman–Crippen LogP) is 5.70. The summed E-state index contributed by atoms with van der Waals surface area (Å²) in [7, 11) is 0. The molecule has 0 saturated heterocycles. The van der Waals surface area contributed by atoms with E-state index in [0.717, 1.165) is 24.0 Å². The highest BCUT2D eigenvalue weighted by molar-refractivity contribution is 7.99. The first-order valence-electron chi connectivity index (χ1n) is 10.1. The third kappa shape index (κ3) is 8.36. The summed E-state index contributed by atoms with van der Waals surface area (Å²) in [6.07, 6.45) is 1.85. The molecule has 0 heterocycles. The van der Waals surface area contributed by atoms with Crippen molar-refractivity contribution in [3.05, 3.63) is 69.5 Å². The zero-order chi connectivity index (χ0) is 22.8. The number of carbonyl (C=O) groups excluding carboxylic acids is 2. The van der Waals surface area contributed by atoms with Crippen molar-refractivity contribution in [1.82, 2.24) is 10.2 Å². The largest absolute Gasteiger partial charge is 0.354 e. The Morgan fingerprint density at radius 3 is 2.52 bits per heavy atom. The highest BCUT2D eigenvalue weighted by Crippen LogP contribution is 2.24. The molecule has 0 fully saturated rings. The number of nitrogens with zero attached hydrogens (tertiary/aromatic N) is 1. The maximum atomic E-state index is 13.1. The fourth-order valence-corrected chi connectivity index (χ4v) is 4.21. The van der Waals surface area contributed by atoms with Gasteiger partial charge >= 0.3 is 0 Å². The van der Waals surface area contributed by atoms with Gasteiger partial charge in [-0.1, -0.05) is 54.7 Å². The van der Waals surface area contributed by atoms with E-state index < -0.39 is 6.04 Å². The van der Waals surface area contributed by atoms with Crippen molar-refractivity contribution >= 4 is 46.8 Å². The number of carbonyl (C=O) groups is 2. The van der Waals surface area contributed by atoms with Gasteiger partial charge in [0.25, 0.3) is 0 Å². The fraction of sp³-hybridized carbons (Fsp3) is 0.391. The zero-order valence-electron chi connectivity index (χ0n) is 17.7. The van der Waals surface area contributed by atoms with Crippen LogP contribution in [0.5, 0.6) is 0 Å². The topological polar surface area (TPSA) is 49.4 Å². The SMILES string of the molecule is CCCCNC(=O)C(C)N(Cc1ccc(Cl)cc1Cl)C(=O)CSCc1ccc(F)cc1. The van der Waals surface area contributed by atoms with Gasteiger partial charge in [0, 0.05) is 28.9 Å². The highest BCUT2D eigenvalue weighted by Gasteiger charge is 2.26. The zero-order valence-corrected chi connectivity index (χ0v) is 20.0. The van der Waals surface area contributed by atoms with E-state index in [2.05, 4.69) is 5.32 Å². The van der Waals surface area contributed by atoms with E-state index in [1.54, 1.807) is 37.3 Å². The summed E-state index contributed by atoms with van der Waals surface area (Å²) in [5.74, 6) is 0.0961. The van der Waals surface area contributed by atoms with Crippen molar-refractivity contribution in [3.8, 4) is 0 Å². The van der Waals surface area contributed by atoms with E-state index in [0.29, 0.717) is 22.3 Å². The molecule has 1 N–H and O–H groups in total. The monoisotopic (exact) mass is 484 g/mol. The van der Waals surface area contributed by atoms with Crippen LogP contribution in [-0.2, 0) is 21.9 Å². The van der Waals surface area contributed by atoms with Crippen molar-refractivity contribution < 1.29 is 14.0 Å². The summed E-state index contributed by atoms with van der Waals surface area (Å²) in [5, 5.41) is 3.84. The fourth-order valence-electron chi connectivity index (χ4n) is 2.87. The van der Waals surface area contributed by atoms with E-state index in [1.165, 1.54) is 28.8 Å². The van der Waals surface area contributed by atoms with Crippen LogP contribution in [0.3, 0.4) is 0 Å². The Morgan fingerprint density at radius 2 is 1.87 bits per heavy atom. The third-order valence-electron chi connectivity index (χ3n) is 4.76. The average Bonchev–Trinajstić information content (AvgIpc) is 2.74. The summed E-state index contributed by atoms with van der Waals surface area (Å²) >= 11 is 13.7. The molecule has 0 aliphatic carbocycles. The summed E-state index contributed by atoms with van der Waals surface area (Å²) in [6.45, 7) is 4.54. The van der Waals surface area contributed by atoms with E-state index in [4.69, 9.17) is 23.2 Å². The quantitative estimate of drug-likeness (QED) is 0.416. The van der Waals surface area contributed by atoms with Gasteiger partial charge in [-0.25, -0.2) is 4.39 Å². The molecular formula is C23H27Cl2FN2O2S. The number of hydrogen-bond donors (Lipinski definition) is 1. The molecule has 0 bridgehead atoms. The molecule has 2 aromatic carbocycles. The van der Waals surface area contributed by atoms with Gasteiger partial charge in [-0.05, 0) is 48.7 Å². The minimum Gasteiger partial charge on any atom is -0.354 e. The number of rotatable bonds is 11. The van der Waals surface area contributed by atoms with E-state index in [-0.39, 0.29) is 29.9 Å². The Bertz CT molecular complexity index is 880. The Balaban J connectivity index is 2.08. The van der Waals surface area contributed by atoms with Crippen LogP contribution in [0, 0.1) is 5.82 Å². The first-order chi connectivity index (χ1) is 14.8. The van der Waals surface area contributed by atoms with Gasteiger partial charge in [0.1, 0.15) is 11.9 Å². The number of amides is 2. The smallest absolute Gasteiger partial charge is 0.242 e. The second-order valence-corrected chi connectivity index (χ2v) is 9.03. The minimum absolute atomic E-state index is 0.170. The number of hydrogen-bond acceptors (Lipinski definition) is 3. The molecule has 8 heteroatoms. The van der Waals surface area contributed by atoms with Crippen molar-refractivity contribution in [3.63, 3.8) is 0 Å². The van der Waals surface area contributed by atoms with Crippen molar-refractivity contribution in [1.29, 1.82) is 0 Å². The summed E-state index contributed by atoms with van der Waals surface area (Å²) in [6, 6.07) is 10.6. The van der Waals surface area contributed by atoms with E-state index >= 15 is 0 Å². The van der Waals surface area contributed by atoms with Gasteiger partial charge in [0.05, 0.1) is 5.75 Å². The second kappa shape index (κ2) is 12.9. The third-order valence-corrected chi connectivity index (χ3v) is 6.34. The number of thioether (sulfide) groups is 1. The lowest BCUT2D eigenvalue weighted by Crippen LogP contribution is -2.48. The van der Waals surface area contributed by atoms with Crippen LogP contribution in [0.4, 0.5) is 4.39 Å². The van der Waals surface area contributed by atoms with Crippen LogP contribution < -0.4 is 5.32 Å². The van der Waals surface area contributed by atoms with Gasteiger partial charge in [0.15, 0.2) is 0 Å². The molecule has 0 saturated carbocycles. The number of halogens is 3. The van der Waals surface area contributed by atoms with Gasteiger partial charge < -0.3 is 10.2 Å². The highest BCUT2D eigenvalue weighted by atomic mass is 35.5. The summed E-state index contributed by atoms with van der Waals surface area (Å²) in [4.78, 5) is 27.2. The molecule has 0 spiro atoms. The van der Waals surface area contributed by atoms with E-state index in [1.807, 2.05) is 6.92 Å². The van der Waals surface area contributed by atoms with Gasteiger partial charge in [-0.15, -0.1) is 11.8 Å². The second-order valence-electron chi connectivity index (χ2n) is 7.20. The molecule has 4 nitrogen and oxygen atoms in total. The van der Waals surface area contributed by atoms with Crippen molar-refractivity contribution in [2.24, 2.45) is 0 Å². The molecule has 168 valence electrons. The molecule has 2 rings (SSSR count). The van der Waals surface area contributed by atoms with E-state index in [9.17, 15) is 14.0 Å². The van der Waals surface area contributed by atoms with Gasteiger partial charge in [-0.3, -0.25) is 9.59 Å². The van der Waals surface area contributed by atoms with Gasteiger partial charge in [0.2, 0.25) is 11.8 Å². The minimum atomic E-state index is -0.650. The molecular weight excluding hydrogens is 458 g/mol. The predicted molar refractivity (Wildman–Crippen MR) is 127 cm³/mol. The summed E-state index contributed by atoms with van der Waals surface area (Å²) in [5.41, 5.74) is 1.65. The Labute approximate surface area is 197 Å². The molecule has 2 aromatic rings. The van der Waals surface area contributed by atoms with Crippen LogP contribution in [0.25, 0.3) is 0 Å². The Morgan fingerprint density at radius 1 is 1.16 bits per heavy atom. The maximum Gasteiger partial charge on any atom is 0.242 e. The first kappa shape index (κ1) is 25.5. The average molecular weight is 485 g/mol. The first-order valence-corrected chi connectivity index (χ1v) is 12.1.